The molecule has 0 saturated heterocycles. The monoisotopic (exact) mass is 314 g/mol. The maximum Gasteiger partial charge on any atom is 0.141 e. The van der Waals surface area contributed by atoms with Crippen molar-refractivity contribution in [1.29, 1.82) is 0 Å². The van der Waals surface area contributed by atoms with Crippen LogP contribution in [0.2, 0.25) is 0 Å². The molecule has 0 atom stereocenters. The van der Waals surface area contributed by atoms with E-state index in [2.05, 4.69) is 64.7 Å². The lowest BCUT2D eigenvalue weighted by molar-refractivity contribution is 0.624. The topological polar surface area (TPSA) is 17.8 Å². The Bertz CT molecular complexity index is 728. The zero-order valence-corrected chi connectivity index (χ0v) is 12.6. The fourth-order valence-electron chi connectivity index (χ4n) is 2.40. The Balaban J connectivity index is 2.31. The van der Waals surface area contributed by atoms with Gasteiger partial charge in [-0.15, -0.1) is 0 Å². The van der Waals surface area contributed by atoms with Gasteiger partial charge < -0.3 is 4.57 Å². The molecule has 3 rings (SSSR count). The molecule has 0 aliphatic heterocycles. The van der Waals surface area contributed by atoms with Crippen LogP contribution in [-0.2, 0) is 0 Å². The molecule has 0 amide bonds. The third-order valence-corrected chi connectivity index (χ3v) is 3.69. The van der Waals surface area contributed by atoms with E-state index in [1.165, 1.54) is 5.52 Å². The van der Waals surface area contributed by atoms with E-state index < -0.39 is 0 Å². The minimum absolute atomic E-state index is 0.376. The molecule has 0 bridgehead atoms. The van der Waals surface area contributed by atoms with Crippen LogP contribution >= 0.6 is 15.9 Å². The Hall–Kier alpha value is -1.61. The number of rotatable bonds is 2. The highest BCUT2D eigenvalue weighted by Crippen LogP contribution is 2.29. The molecule has 0 saturated carbocycles. The smallest absolute Gasteiger partial charge is 0.141 e. The van der Waals surface area contributed by atoms with Crippen LogP contribution in [0.25, 0.3) is 22.4 Å². The molecule has 19 heavy (non-hydrogen) atoms. The van der Waals surface area contributed by atoms with Gasteiger partial charge in [-0.2, -0.15) is 0 Å². The van der Waals surface area contributed by atoms with Gasteiger partial charge in [-0.3, -0.25) is 0 Å². The Morgan fingerprint density at radius 1 is 1.05 bits per heavy atom. The summed E-state index contributed by atoms with van der Waals surface area (Å²) in [4.78, 5) is 4.79. The molecule has 0 radical (unpaired) electrons. The van der Waals surface area contributed by atoms with E-state index in [0.717, 1.165) is 21.4 Å². The van der Waals surface area contributed by atoms with Gasteiger partial charge in [0.25, 0.3) is 0 Å². The van der Waals surface area contributed by atoms with Gasteiger partial charge in [0, 0.05) is 16.1 Å². The average Bonchev–Trinajstić information content (AvgIpc) is 2.78. The lowest BCUT2D eigenvalue weighted by Gasteiger charge is -2.13. The fourth-order valence-corrected chi connectivity index (χ4v) is 2.80. The number of halogens is 1. The van der Waals surface area contributed by atoms with E-state index in [-0.39, 0.29) is 0 Å². The maximum absolute atomic E-state index is 4.79. The van der Waals surface area contributed by atoms with Crippen molar-refractivity contribution in [2.75, 3.05) is 0 Å². The van der Waals surface area contributed by atoms with E-state index in [1.54, 1.807) is 0 Å². The number of hydrogen-bond acceptors (Lipinski definition) is 1. The summed E-state index contributed by atoms with van der Waals surface area (Å²) in [5, 5.41) is 0. The van der Waals surface area contributed by atoms with Crippen molar-refractivity contribution in [2.24, 2.45) is 0 Å². The first-order chi connectivity index (χ1) is 9.16. The van der Waals surface area contributed by atoms with Gasteiger partial charge in [-0.05, 0) is 38.1 Å². The van der Waals surface area contributed by atoms with Gasteiger partial charge in [0.2, 0.25) is 0 Å². The van der Waals surface area contributed by atoms with Crippen molar-refractivity contribution < 1.29 is 0 Å². The molecule has 3 aromatic rings. The van der Waals surface area contributed by atoms with Crippen molar-refractivity contribution >= 4 is 27.0 Å². The van der Waals surface area contributed by atoms with E-state index in [9.17, 15) is 0 Å². The molecule has 0 N–H and O–H groups in total. The molecule has 0 spiro atoms. The third kappa shape index (κ3) is 2.19. The summed E-state index contributed by atoms with van der Waals surface area (Å²) < 4.78 is 3.37. The van der Waals surface area contributed by atoms with Crippen LogP contribution in [0, 0.1) is 0 Å². The molecule has 2 nitrogen and oxygen atoms in total. The van der Waals surface area contributed by atoms with Gasteiger partial charge in [0.1, 0.15) is 5.82 Å². The van der Waals surface area contributed by atoms with Crippen LogP contribution in [0.1, 0.15) is 19.9 Å². The van der Waals surface area contributed by atoms with Gasteiger partial charge >= 0.3 is 0 Å². The molecule has 96 valence electrons. The summed E-state index contributed by atoms with van der Waals surface area (Å²) in [6, 6.07) is 17.0. The van der Waals surface area contributed by atoms with Crippen molar-refractivity contribution in [3.05, 3.63) is 53.0 Å². The zero-order chi connectivity index (χ0) is 13.4. The van der Waals surface area contributed by atoms with Gasteiger partial charge in [0.15, 0.2) is 0 Å². The van der Waals surface area contributed by atoms with Crippen LogP contribution < -0.4 is 0 Å². The zero-order valence-electron chi connectivity index (χ0n) is 11.0. The molecule has 1 aromatic heterocycles. The highest BCUT2D eigenvalue weighted by atomic mass is 79.9. The molecular weight excluding hydrogens is 300 g/mol. The van der Waals surface area contributed by atoms with Gasteiger partial charge in [-0.1, -0.05) is 40.2 Å². The van der Waals surface area contributed by atoms with Gasteiger partial charge in [-0.25, -0.2) is 4.98 Å². The van der Waals surface area contributed by atoms with Crippen molar-refractivity contribution in [1.82, 2.24) is 9.55 Å². The predicted octanol–water partition coefficient (Wildman–Crippen LogP) is 5.05. The normalized spacial score (nSPS) is 11.4. The molecule has 1 heterocycles. The molecule has 0 fully saturated rings. The van der Waals surface area contributed by atoms with Crippen LogP contribution in [-0.4, -0.2) is 9.55 Å². The van der Waals surface area contributed by atoms with Crippen LogP contribution in [0.5, 0.6) is 0 Å². The molecule has 3 heteroatoms. The summed E-state index contributed by atoms with van der Waals surface area (Å²) in [7, 11) is 0. The summed E-state index contributed by atoms with van der Waals surface area (Å²) in [6.07, 6.45) is 0. The van der Waals surface area contributed by atoms with Crippen molar-refractivity contribution in [3.8, 4) is 11.4 Å². The first-order valence-electron chi connectivity index (χ1n) is 6.40. The Labute approximate surface area is 121 Å². The van der Waals surface area contributed by atoms with Crippen molar-refractivity contribution in [2.45, 2.75) is 19.9 Å². The van der Waals surface area contributed by atoms with Crippen LogP contribution in [0.3, 0.4) is 0 Å². The van der Waals surface area contributed by atoms with E-state index >= 15 is 0 Å². The highest BCUT2D eigenvalue weighted by Gasteiger charge is 2.14. The highest BCUT2D eigenvalue weighted by molar-refractivity contribution is 9.10. The number of fused-ring (bicyclic) bond motifs is 1. The predicted molar refractivity (Wildman–Crippen MR) is 83.3 cm³/mol. The fraction of sp³-hybridized carbons (Fsp3) is 0.188. The quantitative estimate of drug-likeness (QED) is 0.647. The van der Waals surface area contributed by atoms with Crippen LogP contribution in [0.4, 0.5) is 0 Å². The van der Waals surface area contributed by atoms with E-state index in [4.69, 9.17) is 4.98 Å². The second-order valence-electron chi connectivity index (χ2n) is 4.90. The minimum atomic E-state index is 0.376. The average molecular weight is 315 g/mol. The summed E-state index contributed by atoms with van der Waals surface area (Å²) in [6.45, 7) is 4.38. The van der Waals surface area contributed by atoms with Gasteiger partial charge in [0.05, 0.1) is 11.0 Å². The first-order valence-corrected chi connectivity index (χ1v) is 7.19. The Kier molecular flexibility index (Phi) is 3.15. The Morgan fingerprint density at radius 3 is 2.58 bits per heavy atom. The Morgan fingerprint density at radius 2 is 1.84 bits per heavy atom. The number of aromatic nitrogens is 2. The van der Waals surface area contributed by atoms with Crippen molar-refractivity contribution in [3.63, 3.8) is 0 Å². The second-order valence-corrected chi connectivity index (χ2v) is 5.81. The molecule has 2 aromatic carbocycles. The SMILES string of the molecule is CC(C)n1c(-c2cccc(Br)c2)nc2ccccc21. The maximum atomic E-state index is 4.79. The standard InChI is InChI=1S/C16H15BrN2/c1-11(2)19-15-9-4-3-8-14(15)18-16(19)12-6-5-7-13(17)10-12/h3-11H,1-2H3. The summed E-state index contributed by atoms with van der Waals surface area (Å²) >= 11 is 3.53. The number of benzene rings is 2. The minimum Gasteiger partial charge on any atom is -0.321 e. The molecule has 0 aliphatic rings. The first kappa shape index (κ1) is 12.4. The number of nitrogens with zero attached hydrogens (tertiary/aromatic N) is 2. The lowest BCUT2D eigenvalue weighted by atomic mass is 10.2. The van der Waals surface area contributed by atoms with E-state index in [0.29, 0.717) is 6.04 Å². The lowest BCUT2D eigenvalue weighted by Crippen LogP contribution is -2.02. The third-order valence-electron chi connectivity index (χ3n) is 3.20. The molecule has 0 aliphatic carbocycles. The molecule has 0 unspecified atom stereocenters. The molecular formula is C16H15BrN2. The van der Waals surface area contributed by atoms with Crippen LogP contribution in [0.15, 0.2) is 53.0 Å². The van der Waals surface area contributed by atoms with E-state index in [1.807, 2.05) is 18.2 Å². The second kappa shape index (κ2) is 4.82. The number of imidazole rings is 1. The summed E-state index contributed by atoms with van der Waals surface area (Å²) in [5.74, 6) is 1.03. The number of para-hydroxylation sites is 2. The summed E-state index contributed by atoms with van der Waals surface area (Å²) in [5.41, 5.74) is 3.37. The number of hydrogen-bond donors (Lipinski definition) is 0. The largest absolute Gasteiger partial charge is 0.321 e.